The molecule has 0 saturated carbocycles. The summed E-state index contributed by atoms with van der Waals surface area (Å²) in [4.78, 5) is 24.4. The molecule has 0 unspecified atom stereocenters. The van der Waals surface area contributed by atoms with Crippen molar-refractivity contribution in [2.24, 2.45) is 0 Å². The van der Waals surface area contributed by atoms with Gasteiger partial charge in [0.05, 0.1) is 42.0 Å². The van der Waals surface area contributed by atoms with Crippen molar-refractivity contribution in [2.75, 3.05) is 14.2 Å². The summed E-state index contributed by atoms with van der Waals surface area (Å²) >= 11 is 0. The Labute approximate surface area is 160 Å². The van der Waals surface area contributed by atoms with Crippen LogP contribution in [0.15, 0.2) is 22.6 Å². The van der Waals surface area contributed by atoms with Crippen LogP contribution >= 0.6 is 0 Å². The molecule has 0 aromatic carbocycles. The van der Waals surface area contributed by atoms with E-state index in [1.54, 1.807) is 24.3 Å². The number of nitrogens with zero attached hydrogens (tertiary/aromatic N) is 3. The quantitative estimate of drug-likeness (QED) is 0.643. The van der Waals surface area contributed by atoms with E-state index in [1.807, 2.05) is 0 Å². The lowest BCUT2D eigenvalue weighted by Gasteiger charge is -2.15. The topological polar surface area (TPSA) is 118 Å². The van der Waals surface area contributed by atoms with Crippen molar-refractivity contribution in [3.05, 3.63) is 52.0 Å². The van der Waals surface area contributed by atoms with Crippen molar-refractivity contribution in [1.82, 2.24) is 4.40 Å². The fraction of sp³-hybridized carbons (Fsp3) is 0.200. The minimum absolute atomic E-state index is 0.0695. The Hall–Kier alpha value is -4.04. The normalized spacial score (nSPS) is 10.4. The molecular formula is C20H15N3O5. The number of hydrogen-bond acceptors (Lipinski definition) is 7. The fourth-order valence-electron chi connectivity index (χ4n) is 3.26. The Morgan fingerprint density at radius 1 is 1.04 bits per heavy atom. The maximum absolute atomic E-state index is 12.6. The van der Waals surface area contributed by atoms with Crippen LogP contribution in [0.5, 0.6) is 0 Å². The molecule has 0 N–H and O–H groups in total. The number of fused-ring (bicyclic) bond motifs is 1. The molecule has 8 nitrogen and oxygen atoms in total. The van der Waals surface area contributed by atoms with Crippen molar-refractivity contribution in [3.8, 4) is 23.5 Å². The number of nitriles is 2. The maximum atomic E-state index is 12.6. The average Bonchev–Trinajstić information content (AvgIpc) is 3.31. The van der Waals surface area contributed by atoms with Crippen LogP contribution < -0.4 is 0 Å². The number of carbonyl (C=O) groups is 2. The summed E-state index contributed by atoms with van der Waals surface area (Å²) in [5.41, 5.74) is 2.32. The van der Waals surface area contributed by atoms with Gasteiger partial charge in [-0.1, -0.05) is 0 Å². The van der Waals surface area contributed by atoms with Gasteiger partial charge in [-0.3, -0.25) is 0 Å². The number of aromatic nitrogens is 1. The van der Waals surface area contributed by atoms with Gasteiger partial charge < -0.3 is 18.3 Å². The predicted molar refractivity (Wildman–Crippen MR) is 96.7 cm³/mol. The van der Waals surface area contributed by atoms with Crippen LogP contribution in [0.3, 0.4) is 0 Å². The van der Waals surface area contributed by atoms with Crippen molar-refractivity contribution >= 4 is 17.5 Å². The Balaban J connectivity index is 2.50. The predicted octanol–water partition coefficient (Wildman–Crippen LogP) is 3.13. The number of pyridine rings is 1. The van der Waals surface area contributed by atoms with Gasteiger partial charge in [0.15, 0.2) is 0 Å². The van der Waals surface area contributed by atoms with Crippen molar-refractivity contribution in [3.63, 3.8) is 0 Å². The number of carbonyl (C=O) groups excluding carboxylic acids is 2. The molecule has 28 heavy (non-hydrogen) atoms. The van der Waals surface area contributed by atoms with Crippen LogP contribution in [0.25, 0.3) is 16.8 Å². The number of hydrogen-bond donors (Lipinski definition) is 0. The van der Waals surface area contributed by atoms with Gasteiger partial charge in [0, 0.05) is 11.4 Å². The molecule has 3 aromatic rings. The van der Waals surface area contributed by atoms with Crippen LogP contribution in [-0.4, -0.2) is 30.6 Å². The lowest BCUT2D eigenvalue weighted by atomic mass is 9.98. The maximum Gasteiger partial charge on any atom is 0.373 e. The molecule has 0 saturated heterocycles. The minimum Gasteiger partial charge on any atom is -0.465 e. The molecule has 3 rings (SSSR count). The van der Waals surface area contributed by atoms with Gasteiger partial charge in [0.1, 0.15) is 17.9 Å². The van der Waals surface area contributed by atoms with Gasteiger partial charge in [-0.2, -0.15) is 10.5 Å². The largest absolute Gasteiger partial charge is 0.465 e. The SMILES string of the molecule is COC(=O)c1ccc(-c2c(C#N)c(C)n3c(C)c(C#N)cc3c2C(=O)OC)o1. The molecule has 0 radical (unpaired) electrons. The van der Waals surface area contributed by atoms with E-state index in [0.29, 0.717) is 22.5 Å². The number of aryl methyl sites for hydroxylation is 2. The van der Waals surface area contributed by atoms with Crippen LogP contribution in [0.1, 0.15) is 43.4 Å². The molecule has 0 aliphatic carbocycles. The highest BCUT2D eigenvalue weighted by atomic mass is 16.5. The summed E-state index contributed by atoms with van der Waals surface area (Å²) in [5.74, 6) is -1.32. The minimum atomic E-state index is -0.700. The number of furan rings is 1. The van der Waals surface area contributed by atoms with Crippen molar-refractivity contribution in [2.45, 2.75) is 13.8 Å². The van der Waals surface area contributed by atoms with E-state index in [1.165, 1.54) is 26.4 Å². The zero-order chi connectivity index (χ0) is 20.6. The molecule has 0 bridgehead atoms. The van der Waals surface area contributed by atoms with Crippen molar-refractivity contribution in [1.29, 1.82) is 10.5 Å². The zero-order valence-electron chi connectivity index (χ0n) is 15.6. The summed E-state index contributed by atoms with van der Waals surface area (Å²) in [5, 5.41) is 19.2. The molecular weight excluding hydrogens is 362 g/mol. The van der Waals surface area contributed by atoms with Crippen LogP contribution in [0.2, 0.25) is 0 Å². The lowest BCUT2D eigenvalue weighted by molar-refractivity contribution is 0.0565. The van der Waals surface area contributed by atoms with Crippen LogP contribution in [0.4, 0.5) is 0 Å². The highest BCUT2D eigenvalue weighted by molar-refractivity contribution is 6.05. The first-order valence-corrected chi connectivity index (χ1v) is 8.15. The third-order valence-electron chi connectivity index (χ3n) is 4.56. The first kappa shape index (κ1) is 18.7. The second kappa shape index (κ2) is 6.93. The van der Waals surface area contributed by atoms with Gasteiger partial charge in [0.25, 0.3) is 0 Å². The summed E-state index contributed by atoms with van der Waals surface area (Å²) in [7, 11) is 2.44. The molecule has 3 heterocycles. The van der Waals surface area contributed by atoms with Crippen LogP contribution in [0, 0.1) is 36.5 Å². The third-order valence-corrected chi connectivity index (χ3v) is 4.56. The molecule has 0 fully saturated rings. The Kier molecular flexibility index (Phi) is 4.64. The summed E-state index contributed by atoms with van der Waals surface area (Å²) in [6.45, 7) is 3.43. The van der Waals surface area contributed by atoms with Gasteiger partial charge >= 0.3 is 11.9 Å². The lowest BCUT2D eigenvalue weighted by Crippen LogP contribution is -2.11. The second-order valence-corrected chi connectivity index (χ2v) is 5.95. The Morgan fingerprint density at radius 3 is 2.29 bits per heavy atom. The molecule has 140 valence electrons. The summed E-state index contributed by atoms with van der Waals surface area (Å²) in [6, 6.07) is 8.60. The van der Waals surface area contributed by atoms with E-state index >= 15 is 0 Å². The standard InChI is InChI=1S/C20H15N3O5/c1-10-12(8-21)7-14-18(20(25)27-4)17(13(9-22)11(2)23(10)14)15-5-6-16(28-15)19(24)26-3/h5-7H,1-4H3. The summed E-state index contributed by atoms with van der Waals surface area (Å²) < 4.78 is 16.8. The number of rotatable bonds is 3. The van der Waals surface area contributed by atoms with E-state index < -0.39 is 11.9 Å². The van der Waals surface area contributed by atoms with E-state index in [-0.39, 0.29) is 28.2 Å². The number of methoxy groups -OCH3 is 2. The number of esters is 2. The Morgan fingerprint density at radius 2 is 1.71 bits per heavy atom. The summed E-state index contributed by atoms with van der Waals surface area (Å²) in [6.07, 6.45) is 0. The highest BCUT2D eigenvalue weighted by Crippen LogP contribution is 2.36. The monoisotopic (exact) mass is 377 g/mol. The van der Waals surface area contributed by atoms with E-state index in [9.17, 15) is 20.1 Å². The second-order valence-electron chi connectivity index (χ2n) is 5.95. The van der Waals surface area contributed by atoms with Crippen LogP contribution in [-0.2, 0) is 9.47 Å². The fourth-order valence-corrected chi connectivity index (χ4v) is 3.26. The smallest absolute Gasteiger partial charge is 0.373 e. The molecule has 0 aliphatic heterocycles. The number of ether oxygens (including phenoxy) is 2. The molecule has 3 aromatic heterocycles. The first-order valence-electron chi connectivity index (χ1n) is 8.15. The molecule has 0 aliphatic rings. The third kappa shape index (κ3) is 2.60. The zero-order valence-corrected chi connectivity index (χ0v) is 15.6. The first-order chi connectivity index (χ1) is 13.4. The van der Waals surface area contributed by atoms with Gasteiger partial charge in [-0.15, -0.1) is 0 Å². The highest BCUT2D eigenvalue weighted by Gasteiger charge is 2.28. The van der Waals surface area contributed by atoms with Gasteiger partial charge in [0.2, 0.25) is 5.76 Å². The van der Waals surface area contributed by atoms with Gasteiger partial charge in [-0.05, 0) is 32.0 Å². The molecule has 0 amide bonds. The van der Waals surface area contributed by atoms with E-state index in [4.69, 9.17) is 9.15 Å². The van der Waals surface area contributed by atoms with Gasteiger partial charge in [-0.25, -0.2) is 9.59 Å². The average molecular weight is 377 g/mol. The molecule has 0 atom stereocenters. The van der Waals surface area contributed by atoms with E-state index in [2.05, 4.69) is 16.9 Å². The molecule has 0 spiro atoms. The van der Waals surface area contributed by atoms with E-state index in [0.717, 1.165) is 0 Å². The Bertz CT molecular complexity index is 1220. The molecule has 8 heteroatoms. The van der Waals surface area contributed by atoms with Crippen molar-refractivity contribution < 1.29 is 23.5 Å².